The zero-order valence-electron chi connectivity index (χ0n) is 13.0. The Labute approximate surface area is 128 Å². The van der Waals surface area contributed by atoms with Gasteiger partial charge in [0.05, 0.1) is 12.5 Å². The molecule has 0 aromatic carbocycles. The summed E-state index contributed by atoms with van der Waals surface area (Å²) >= 11 is 0. The van der Waals surface area contributed by atoms with Gasteiger partial charge in [0.25, 0.3) is 0 Å². The summed E-state index contributed by atoms with van der Waals surface area (Å²) in [7, 11) is 1.67. The molecule has 0 N–H and O–H groups in total. The molecule has 0 spiro atoms. The molecular formula is C14H21N5O3. The van der Waals surface area contributed by atoms with Crippen LogP contribution < -0.4 is 0 Å². The summed E-state index contributed by atoms with van der Waals surface area (Å²) in [4.78, 5) is 6.82. The van der Waals surface area contributed by atoms with Crippen LogP contribution in [0.25, 0.3) is 0 Å². The molecule has 1 aliphatic heterocycles. The zero-order chi connectivity index (χ0) is 15.4. The maximum Gasteiger partial charge on any atom is 0.231 e. The predicted molar refractivity (Wildman–Crippen MR) is 76.2 cm³/mol. The van der Waals surface area contributed by atoms with Gasteiger partial charge in [0, 0.05) is 26.6 Å². The van der Waals surface area contributed by atoms with Gasteiger partial charge in [-0.1, -0.05) is 15.5 Å². The molecule has 1 aliphatic rings. The third-order valence-corrected chi connectivity index (χ3v) is 3.99. The number of hydrogen-bond acceptors (Lipinski definition) is 8. The summed E-state index contributed by atoms with van der Waals surface area (Å²) in [6.45, 7) is 5.18. The van der Waals surface area contributed by atoms with Crippen molar-refractivity contribution in [1.29, 1.82) is 0 Å². The van der Waals surface area contributed by atoms with Crippen LogP contribution in [-0.2, 0) is 17.7 Å². The number of nitrogens with zero attached hydrogens (tertiary/aromatic N) is 5. The first kappa shape index (κ1) is 15.1. The number of ether oxygens (including phenoxy) is 1. The fourth-order valence-corrected chi connectivity index (χ4v) is 2.73. The predicted octanol–water partition coefficient (Wildman–Crippen LogP) is 1.33. The Morgan fingerprint density at radius 3 is 3.00 bits per heavy atom. The van der Waals surface area contributed by atoms with Crippen molar-refractivity contribution >= 4 is 0 Å². The average Bonchev–Trinajstić information content (AvgIpc) is 3.15. The van der Waals surface area contributed by atoms with Crippen LogP contribution in [0.3, 0.4) is 0 Å². The molecule has 8 nitrogen and oxygen atoms in total. The monoisotopic (exact) mass is 307 g/mol. The SMILES string of the molecule is COCCc1noc(C2CCCN(Cc3nonc3C)C2)n1. The van der Waals surface area contributed by atoms with Gasteiger partial charge in [0.15, 0.2) is 5.82 Å². The van der Waals surface area contributed by atoms with E-state index in [0.717, 1.165) is 49.8 Å². The first-order valence-electron chi connectivity index (χ1n) is 7.58. The lowest BCUT2D eigenvalue weighted by Crippen LogP contribution is -2.34. The highest BCUT2D eigenvalue weighted by molar-refractivity contribution is 5.05. The van der Waals surface area contributed by atoms with Gasteiger partial charge in [-0.15, -0.1) is 0 Å². The smallest absolute Gasteiger partial charge is 0.231 e. The molecule has 22 heavy (non-hydrogen) atoms. The quantitative estimate of drug-likeness (QED) is 0.789. The summed E-state index contributed by atoms with van der Waals surface area (Å²) in [5.74, 6) is 1.72. The lowest BCUT2D eigenvalue weighted by molar-refractivity contribution is 0.175. The molecule has 2 aromatic rings. The number of aryl methyl sites for hydroxylation is 1. The van der Waals surface area contributed by atoms with E-state index in [1.807, 2.05) is 6.92 Å². The largest absolute Gasteiger partial charge is 0.384 e. The van der Waals surface area contributed by atoms with E-state index in [1.165, 1.54) is 0 Å². The summed E-state index contributed by atoms with van der Waals surface area (Å²) in [6, 6.07) is 0. The number of methoxy groups -OCH3 is 1. The number of piperidine rings is 1. The van der Waals surface area contributed by atoms with Crippen LogP contribution in [0.2, 0.25) is 0 Å². The fourth-order valence-electron chi connectivity index (χ4n) is 2.73. The van der Waals surface area contributed by atoms with Gasteiger partial charge in [0.2, 0.25) is 5.89 Å². The zero-order valence-corrected chi connectivity index (χ0v) is 13.0. The van der Waals surface area contributed by atoms with Crippen molar-refractivity contribution in [3.05, 3.63) is 23.1 Å². The molecule has 1 unspecified atom stereocenters. The Morgan fingerprint density at radius 1 is 1.32 bits per heavy atom. The van der Waals surface area contributed by atoms with E-state index >= 15 is 0 Å². The highest BCUT2D eigenvalue weighted by atomic mass is 16.6. The van der Waals surface area contributed by atoms with Gasteiger partial charge >= 0.3 is 0 Å². The molecule has 0 aliphatic carbocycles. The third-order valence-electron chi connectivity index (χ3n) is 3.99. The van der Waals surface area contributed by atoms with Gasteiger partial charge < -0.3 is 9.26 Å². The molecular weight excluding hydrogens is 286 g/mol. The van der Waals surface area contributed by atoms with Gasteiger partial charge in [-0.25, -0.2) is 4.63 Å². The van der Waals surface area contributed by atoms with Crippen LogP contribution in [0.15, 0.2) is 9.15 Å². The van der Waals surface area contributed by atoms with Gasteiger partial charge in [-0.3, -0.25) is 4.90 Å². The number of hydrogen-bond donors (Lipinski definition) is 0. The lowest BCUT2D eigenvalue weighted by atomic mass is 9.98. The first-order chi connectivity index (χ1) is 10.8. The third kappa shape index (κ3) is 3.50. The molecule has 1 atom stereocenters. The highest BCUT2D eigenvalue weighted by Crippen LogP contribution is 2.26. The molecule has 0 bridgehead atoms. The molecule has 2 aromatic heterocycles. The van der Waals surface area contributed by atoms with E-state index in [9.17, 15) is 0 Å². The van der Waals surface area contributed by atoms with Crippen molar-refractivity contribution in [2.75, 3.05) is 26.8 Å². The second-order valence-corrected chi connectivity index (χ2v) is 5.66. The standard InChI is InChI=1S/C14H21N5O3/c1-10-12(17-22-16-10)9-19-6-3-4-11(8-19)14-15-13(18-21-14)5-7-20-2/h11H,3-9H2,1-2H3. The van der Waals surface area contributed by atoms with E-state index in [-0.39, 0.29) is 5.92 Å². The Kier molecular flexibility index (Phi) is 4.79. The minimum absolute atomic E-state index is 0.276. The van der Waals surface area contributed by atoms with Crippen LogP contribution in [0.5, 0.6) is 0 Å². The summed E-state index contributed by atoms with van der Waals surface area (Å²) in [5, 5.41) is 11.8. The van der Waals surface area contributed by atoms with Crippen LogP contribution in [0.1, 0.15) is 41.9 Å². The molecule has 0 saturated carbocycles. The first-order valence-corrected chi connectivity index (χ1v) is 7.58. The van der Waals surface area contributed by atoms with Crippen LogP contribution in [0, 0.1) is 6.92 Å². The normalized spacial score (nSPS) is 19.6. The van der Waals surface area contributed by atoms with Gasteiger partial charge in [0.1, 0.15) is 11.4 Å². The fraction of sp³-hybridized carbons (Fsp3) is 0.714. The van der Waals surface area contributed by atoms with E-state index in [1.54, 1.807) is 7.11 Å². The van der Waals surface area contributed by atoms with E-state index in [2.05, 4.69) is 25.4 Å². The van der Waals surface area contributed by atoms with Crippen molar-refractivity contribution in [1.82, 2.24) is 25.4 Å². The van der Waals surface area contributed by atoms with Gasteiger partial charge in [-0.2, -0.15) is 4.98 Å². The van der Waals surface area contributed by atoms with Gasteiger partial charge in [-0.05, 0) is 26.3 Å². The number of likely N-dealkylation sites (tertiary alicyclic amines) is 1. The van der Waals surface area contributed by atoms with E-state index < -0.39 is 0 Å². The van der Waals surface area contributed by atoms with Crippen molar-refractivity contribution in [3.8, 4) is 0 Å². The van der Waals surface area contributed by atoms with Crippen LogP contribution in [0.4, 0.5) is 0 Å². The molecule has 1 saturated heterocycles. The highest BCUT2D eigenvalue weighted by Gasteiger charge is 2.26. The Morgan fingerprint density at radius 2 is 2.23 bits per heavy atom. The number of rotatable bonds is 6. The lowest BCUT2D eigenvalue weighted by Gasteiger charge is -2.30. The summed E-state index contributed by atoms with van der Waals surface area (Å²) < 4.78 is 15.2. The molecule has 0 amide bonds. The molecule has 3 rings (SSSR count). The van der Waals surface area contributed by atoms with Crippen molar-refractivity contribution in [2.45, 2.75) is 38.6 Å². The van der Waals surface area contributed by atoms with Crippen LogP contribution in [-0.4, -0.2) is 52.2 Å². The molecule has 0 radical (unpaired) electrons. The second-order valence-electron chi connectivity index (χ2n) is 5.66. The van der Waals surface area contributed by atoms with Crippen molar-refractivity contribution < 1.29 is 13.9 Å². The molecule has 120 valence electrons. The van der Waals surface area contributed by atoms with Crippen LogP contribution >= 0.6 is 0 Å². The Bertz CT molecular complexity index is 597. The summed E-state index contributed by atoms with van der Waals surface area (Å²) in [6.07, 6.45) is 2.85. The Balaban J connectivity index is 1.60. The maximum atomic E-state index is 5.42. The minimum atomic E-state index is 0.276. The number of aromatic nitrogens is 4. The molecule has 8 heteroatoms. The molecule has 1 fully saturated rings. The topological polar surface area (TPSA) is 90.3 Å². The van der Waals surface area contributed by atoms with Crippen molar-refractivity contribution in [2.24, 2.45) is 0 Å². The van der Waals surface area contributed by atoms with Crippen molar-refractivity contribution in [3.63, 3.8) is 0 Å². The minimum Gasteiger partial charge on any atom is -0.384 e. The average molecular weight is 307 g/mol. The Hall–Kier alpha value is -1.80. The second kappa shape index (κ2) is 6.97. The maximum absolute atomic E-state index is 5.42. The molecule has 3 heterocycles. The summed E-state index contributed by atoms with van der Waals surface area (Å²) in [5.41, 5.74) is 1.74. The van der Waals surface area contributed by atoms with E-state index in [0.29, 0.717) is 18.9 Å². The van der Waals surface area contributed by atoms with E-state index in [4.69, 9.17) is 13.9 Å².